The summed E-state index contributed by atoms with van der Waals surface area (Å²) in [6, 6.07) is 27.5. The van der Waals surface area contributed by atoms with Crippen LogP contribution in [0.1, 0.15) is 22.4 Å². The van der Waals surface area contributed by atoms with Gasteiger partial charge in [0.05, 0.1) is 5.52 Å². The number of hydrogen-bond acceptors (Lipinski definition) is 4. The summed E-state index contributed by atoms with van der Waals surface area (Å²) in [5.74, 6) is 5.70. The van der Waals surface area contributed by atoms with E-state index in [2.05, 4.69) is 51.8 Å². The first-order valence-corrected chi connectivity index (χ1v) is 10.8. The van der Waals surface area contributed by atoms with E-state index in [0.29, 0.717) is 11.9 Å². The number of para-hydroxylation sites is 1. The van der Waals surface area contributed by atoms with Crippen molar-refractivity contribution in [2.75, 3.05) is 7.05 Å². The molecular formula is C27H29N5. The lowest BCUT2D eigenvalue weighted by atomic mass is 9.94. The molecular weight excluding hydrogens is 394 g/mol. The predicted octanol–water partition coefficient (Wildman–Crippen LogP) is 4.16. The molecule has 0 saturated heterocycles. The Kier molecular flexibility index (Phi) is 6.47. The topological polar surface area (TPSA) is 89.3 Å². The number of hydrazone groups is 1. The van der Waals surface area contributed by atoms with Crippen molar-refractivity contribution in [3.8, 4) is 11.1 Å². The van der Waals surface area contributed by atoms with E-state index in [1.807, 2.05) is 56.4 Å². The van der Waals surface area contributed by atoms with Crippen LogP contribution in [-0.4, -0.2) is 23.9 Å². The van der Waals surface area contributed by atoms with Crippen molar-refractivity contribution in [3.63, 3.8) is 0 Å². The van der Waals surface area contributed by atoms with Gasteiger partial charge in [0.15, 0.2) is 5.84 Å². The summed E-state index contributed by atoms with van der Waals surface area (Å²) in [6.07, 6.45) is 2.40. The van der Waals surface area contributed by atoms with E-state index >= 15 is 0 Å². The number of pyridine rings is 1. The number of nitrogens with two attached hydrogens (primary N) is 2. The molecule has 0 saturated carbocycles. The minimum atomic E-state index is 0.296. The summed E-state index contributed by atoms with van der Waals surface area (Å²) in [7, 11) is 2.04. The summed E-state index contributed by atoms with van der Waals surface area (Å²) in [4.78, 5) is 4.61. The van der Waals surface area contributed by atoms with Gasteiger partial charge in [-0.15, -0.1) is 0 Å². The van der Waals surface area contributed by atoms with Crippen LogP contribution >= 0.6 is 0 Å². The van der Waals surface area contributed by atoms with Gasteiger partial charge in [0.2, 0.25) is 0 Å². The van der Waals surface area contributed by atoms with Crippen molar-refractivity contribution in [2.45, 2.75) is 25.8 Å². The fraction of sp³-hybridized carbons (Fsp3) is 0.185. The molecule has 1 heterocycles. The number of likely N-dealkylation sites (N-methyl/N-ethyl adjacent to an activating group) is 1. The second-order valence-corrected chi connectivity index (χ2v) is 8.01. The lowest BCUT2D eigenvalue weighted by molar-refractivity contribution is 0.593. The van der Waals surface area contributed by atoms with Crippen LogP contribution < -0.4 is 16.9 Å². The average Bonchev–Trinajstić information content (AvgIpc) is 3.27. The van der Waals surface area contributed by atoms with Crippen molar-refractivity contribution in [2.24, 2.45) is 16.7 Å². The van der Waals surface area contributed by atoms with E-state index in [0.717, 1.165) is 33.3 Å². The van der Waals surface area contributed by atoms with Gasteiger partial charge < -0.3 is 16.9 Å². The van der Waals surface area contributed by atoms with Gasteiger partial charge in [0.1, 0.15) is 0 Å². The maximum absolute atomic E-state index is 6.01. The fourth-order valence-corrected chi connectivity index (χ4v) is 4.38. The fourth-order valence-electron chi connectivity index (χ4n) is 4.38. The van der Waals surface area contributed by atoms with Gasteiger partial charge in [-0.25, -0.2) is 0 Å². The first-order valence-electron chi connectivity index (χ1n) is 10.8. The Hall–Kier alpha value is -3.70. The molecule has 0 spiro atoms. The molecule has 32 heavy (non-hydrogen) atoms. The van der Waals surface area contributed by atoms with Crippen LogP contribution in [0.4, 0.5) is 0 Å². The summed E-state index contributed by atoms with van der Waals surface area (Å²) < 4.78 is 0. The smallest absolute Gasteiger partial charge is 0.152 e. The molecule has 0 aliphatic heterocycles. The van der Waals surface area contributed by atoms with E-state index in [1.54, 1.807) is 0 Å². The maximum atomic E-state index is 6.01. The molecule has 4 aromatic rings. The lowest BCUT2D eigenvalue weighted by Crippen LogP contribution is -2.24. The minimum absolute atomic E-state index is 0.296. The number of nitrogens with one attached hydrogen (secondary N) is 1. The van der Waals surface area contributed by atoms with Crippen molar-refractivity contribution >= 4 is 16.7 Å². The number of hydrogen-bond donors (Lipinski definition) is 3. The van der Waals surface area contributed by atoms with Crippen LogP contribution in [0, 0.1) is 6.92 Å². The van der Waals surface area contributed by atoms with Crippen molar-refractivity contribution in [1.82, 2.24) is 10.3 Å². The van der Waals surface area contributed by atoms with E-state index in [9.17, 15) is 0 Å². The highest BCUT2D eigenvalue weighted by Gasteiger charge is 2.18. The van der Waals surface area contributed by atoms with Gasteiger partial charge in [-0.1, -0.05) is 72.8 Å². The predicted molar refractivity (Wildman–Crippen MR) is 134 cm³/mol. The van der Waals surface area contributed by atoms with Crippen LogP contribution in [0.5, 0.6) is 0 Å². The van der Waals surface area contributed by atoms with Crippen LogP contribution in [0.25, 0.3) is 22.0 Å². The molecule has 1 aromatic heterocycles. The van der Waals surface area contributed by atoms with Gasteiger partial charge in [-0.2, -0.15) is 5.10 Å². The van der Waals surface area contributed by atoms with Gasteiger partial charge in [0, 0.05) is 28.2 Å². The Morgan fingerprint density at radius 2 is 1.50 bits per heavy atom. The van der Waals surface area contributed by atoms with Gasteiger partial charge >= 0.3 is 0 Å². The molecule has 0 fully saturated rings. The number of fused-ring (bicyclic) bond motifs is 2. The molecule has 0 unspecified atom stereocenters. The number of aryl methyl sites for hydroxylation is 1. The van der Waals surface area contributed by atoms with Crippen LogP contribution in [0.15, 0.2) is 84.0 Å². The Bertz CT molecular complexity index is 1220. The quantitative estimate of drug-likeness (QED) is 0.200. The minimum Gasteiger partial charge on any atom is -0.382 e. The van der Waals surface area contributed by atoms with Crippen LogP contribution in [0.3, 0.4) is 0 Å². The number of rotatable bonds is 3. The third kappa shape index (κ3) is 4.34. The second kappa shape index (κ2) is 9.62. The molecule has 5 nitrogen and oxygen atoms in total. The molecule has 162 valence electrons. The maximum Gasteiger partial charge on any atom is 0.152 e. The highest BCUT2D eigenvalue weighted by molar-refractivity contribution is 6.11. The van der Waals surface area contributed by atoms with Gasteiger partial charge in [-0.05, 0) is 49.6 Å². The number of amidine groups is 1. The molecule has 5 rings (SSSR count). The van der Waals surface area contributed by atoms with E-state index in [1.165, 1.54) is 24.0 Å². The summed E-state index contributed by atoms with van der Waals surface area (Å²) in [6.45, 7) is 1.92. The SMILES string of the molecule is CNC1Cc2ccccc2C1.Cc1nc2ccccc2c(-c2ccccc2)c1/C(N)=N/N. The third-order valence-electron chi connectivity index (χ3n) is 5.99. The van der Waals surface area contributed by atoms with Gasteiger partial charge in [0.25, 0.3) is 0 Å². The Morgan fingerprint density at radius 3 is 2.12 bits per heavy atom. The largest absolute Gasteiger partial charge is 0.382 e. The van der Waals surface area contributed by atoms with Crippen molar-refractivity contribution in [1.29, 1.82) is 0 Å². The molecule has 0 atom stereocenters. The zero-order valence-electron chi connectivity index (χ0n) is 18.5. The average molecular weight is 424 g/mol. The molecule has 3 aromatic carbocycles. The number of nitrogens with zero attached hydrogens (tertiary/aromatic N) is 2. The van der Waals surface area contributed by atoms with Crippen molar-refractivity contribution < 1.29 is 0 Å². The summed E-state index contributed by atoms with van der Waals surface area (Å²) >= 11 is 0. The van der Waals surface area contributed by atoms with E-state index in [4.69, 9.17) is 11.6 Å². The van der Waals surface area contributed by atoms with Gasteiger partial charge in [-0.3, -0.25) is 4.98 Å². The number of aromatic nitrogens is 1. The Balaban J connectivity index is 0.000000186. The molecule has 5 N–H and O–H groups in total. The molecule has 1 aliphatic rings. The molecule has 5 heteroatoms. The zero-order valence-corrected chi connectivity index (χ0v) is 18.5. The first-order chi connectivity index (χ1) is 15.6. The summed E-state index contributed by atoms with van der Waals surface area (Å²) in [5, 5.41) is 8.02. The molecule has 1 aliphatic carbocycles. The second-order valence-electron chi connectivity index (χ2n) is 8.01. The van der Waals surface area contributed by atoms with Crippen molar-refractivity contribution in [3.05, 3.63) is 101 Å². The number of benzene rings is 3. The summed E-state index contributed by atoms with van der Waals surface area (Å²) in [5.41, 5.74) is 13.7. The lowest BCUT2D eigenvalue weighted by Gasteiger charge is -2.15. The monoisotopic (exact) mass is 423 g/mol. The molecule has 0 amide bonds. The van der Waals surface area contributed by atoms with E-state index in [-0.39, 0.29) is 0 Å². The van der Waals surface area contributed by atoms with Crippen LogP contribution in [0.2, 0.25) is 0 Å². The zero-order chi connectivity index (χ0) is 22.5. The standard InChI is InChI=1S/C17H16N4.C10H13N/c1-11-15(17(18)21-19)16(12-7-3-2-4-8-12)13-9-5-6-10-14(13)20-11;1-11-10-6-8-4-2-3-5-9(8)7-10/h2-10H,19H2,1H3,(H2,18,21);2-5,10-11H,6-7H2,1H3. The Labute approximate surface area is 189 Å². The molecule has 0 radical (unpaired) electrons. The molecule has 0 bridgehead atoms. The van der Waals surface area contributed by atoms with Crippen LogP contribution in [-0.2, 0) is 12.8 Å². The van der Waals surface area contributed by atoms with E-state index < -0.39 is 0 Å². The normalized spacial score (nSPS) is 13.5. The Morgan fingerprint density at radius 1 is 0.906 bits per heavy atom. The highest BCUT2D eigenvalue weighted by Crippen LogP contribution is 2.32. The highest BCUT2D eigenvalue weighted by atomic mass is 15.2. The first kappa shape index (κ1) is 21.5. The third-order valence-corrected chi connectivity index (χ3v) is 5.99.